The Morgan fingerprint density at radius 1 is 1.31 bits per heavy atom. The highest BCUT2D eigenvalue weighted by molar-refractivity contribution is 8.02. The first-order chi connectivity index (χ1) is 7.29. The monoisotopic (exact) mass is 275 g/mol. The third-order valence-corrected chi connectivity index (χ3v) is 5.87. The molecule has 16 heavy (non-hydrogen) atoms. The van der Waals surface area contributed by atoms with Gasteiger partial charge in [0, 0.05) is 16.7 Å². The number of thioether (sulfide) groups is 1. The molecular formula is C11H14ClNOS2. The van der Waals surface area contributed by atoms with Crippen LogP contribution in [0.1, 0.15) is 29.6 Å². The molecule has 0 radical (unpaired) electrons. The van der Waals surface area contributed by atoms with Crippen LogP contribution in [0.2, 0.25) is 0 Å². The van der Waals surface area contributed by atoms with Gasteiger partial charge in [-0.05, 0) is 37.4 Å². The minimum absolute atomic E-state index is 0. The Balaban J connectivity index is 0.000000963. The third kappa shape index (κ3) is 2.04. The Bertz CT molecular complexity index is 398. The zero-order valence-corrected chi connectivity index (χ0v) is 11.3. The van der Waals surface area contributed by atoms with Crippen molar-refractivity contribution in [2.24, 2.45) is 0 Å². The number of nitrogens with one attached hydrogen (secondary N) is 1. The fourth-order valence-corrected chi connectivity index (χ4v) is 5.19. The molecule has 2 aliphatic rings. The van der Waals surface area contributed by atoms with E-state index in [1.54, 1.807) is 11.3 Å². The second kappa shape index (κ2) is 4.69. The summed E-state index contributed by atoms with van der Waals surface area (Å²) >= 11 is 3.67. The molecule has 0 bridgehead atoms. The van der Waals surface area contributed by atoms with Crippen LogP contribution in [0, 0.1) is 0 Å². The van der Waals surface area contributed by atoms with Gasteiger partial charge >= 0.3 is 0 Å². The number of hydrogen-bond donors (Lipinski definition) is 1. The molecule has 0 aliphatic carbocycles. The second-order valence-corrected chi connectivity index (χ2v) is 6.91. The standard InChI is InChI=1S/C11H13NOS2.ClH/c13-9-7-11(2-4-12-5-3-11)15-10-8(9)1-6-14-10;/h1,6,12H,2-5,7H2;1H. The Labute approximate surface area is 110 Å². The summed E-state index contributed by atoms with van der Waals surface area (Å²) in [6.07, 6.45) is 2.99. The van der Waals surface area contributed by atoms with E-state index in [9.17, 15) is 4.79 Å². The van der Waals surface area contributed by atoms with Crippen LogP contribution < -0.4 is 5.32 Å². The number of Topliss-reactive ketones (excluding diaryl/α,β-unsaturated/α-hetero) is 1. The molecule has 0 amide bonds. The van der Waals surface area contributed by atoms with Crippen LogP contribution >= 0.6 is 35.5 Å². The number of rotatable bonds is 0. The van der Waals surface area contributed by atoms with Crippen molar-refractivity contribution >= 4 is 41.3 Å². The summed E-state index contributed by atoms with van der Waals surface area (Å²) in [5.41, 5.74) is 0.967. The van der Waals surface area contributed by atoms with Crippen LogP contribution in [-0.4, -0.2) is 23.6 Å². The first kappa shape index (κ1) is 12.4. The lowest BCUT2D eigenvalue weighted by molar-refractivity contribution is 0.0956. The number of carbonyl (C=O) groups is 1. The largest absolute Gasteiger partial charge is 0.317 e. The number of carbonyl (C=O) groups excluding carboxylic acids is 1. The lowest BCUT2D eigenvalue weighted by Gasteiger charge is -2.38. The van der Waals surface area contributed by atoms with E-state index in [2.05, 4.69) is 5.32 Å². The van der Waals surface area contributed by atoms with E-state index in [4.69, 9.17) is 0 Å². The Kier molecular flexibility index (Phi) is 3.64. The Morgan fingerprint density at radius 2 is 2.06 bits per heavy atom. The van der Waals surface area contributed by atoms with Crippen molar-refractivity contribution in [2.45, 2.75) is 28.2 Å². The van der Waals surface area contributed by atoms with Crippen LogP contribution in [0.3, 0.4) is 0 Å². The zero-order valence-electron chi connectivity index (χ0n) is 8.82. The van der Waals surface area contributed by atoms with E-state index < -0.39 is 0 Å². The van der Waals surface area contributed by atoms with Crippen molar-refractivity contribution in [2.75, 3.05) is 13.1 Å². The summed E-state index contributed by atoms with van der Waals surface area (Å²) in [6.45, 7) is 2.11. The maximum absolute atomic E-state index is 12.0. The molecule has 5 heteroatoms. The molecule has 0 unspecified atom stereocenters. The van der Waals surface area contributed by atoms with Gasteiger partial charge in [0.25, 0.3) is 0 Å². The molecule has 0 saturated carbocycles. The van der Waals surface area contributed by atoms with Crippen LogP contribution in [-0.2, 0) is 0 Å². The summed E-state index contributed by atoms with van der Waals surface area (Å²) in [7, 11) is 0. The molecule has 1 aromatic heterocycles. The highest BCUT2D eigenvalue weighted by Gasteiger charge is 2.40. The van der Waals surface area contributed by atoms with Gasteiger partial charge in [-0.2, -0.15) is 0 Å². The molecule has 1 spiro atoms. The van der Waals surface area contributed by atoms with Gasteiger partial charge in [0.2, 0.25) is 0 Å². The zero-order chi connectivity index (χ0) is 10.3. The van der Waals surface area contributed by atoms with Gasteiger partial charge in [-0.25, -0.2) is 0 Å². The lowest BCUT2D eigenvalue weighted by atomic mass is 9.89. The predicted molar refractivity (Wildman–Crippen MR) is 71.2 cm³/mol. The van der Waals surface area contributed by atoms with Crippen molar-refractivity contribution in [3.05, 3.63) is 17.0 Å². The van der Waals surface area contributed by atoms with Crippen LogP contribution in [0.25, 0.3) is 0 Å². The summed E-state index contributed by atoms with van der Waals surface area (Å²) in [6, 6.07) is 1.98. The first-order valence-corrected chi connectivity index (χ1v) is 6.99. The van der Waals surface area contributed by atoms with Crippen LogP contribution in [0.4, 0.5) is 0 Å². The van der Waals surface area contributed by atoms with Crippen molar-refractivity contribution < 1.29 is 4.79 Å². The average molecular weight is 276 g/mol. The number of halogens is 1. The molecule has 88 valence electrons. The molecule has 1 fully saturated rings. The van der Waals surface area contributed by atoms with Crippen LogP contribution in [0.5, 0.6) is 0 Å². The van der Waals surface area contributed by atoms with E-state index in [-0.39, 0.29) is 17.2 Å². The maximum atomic E-state index is 12.0. The maximum Gasteiger partial charge on any atom is 0.166 e. The highest BCUT2D eigenvalue weighted by Crippen LogP contribution is 2.49. The van der Waals surface area contributed by atoms with E-state index >= 15 is 0 Å². The summed E-state index contributed by atoms with van der Waals surface area (Å²) in [5.74, 6) is 0.354. The average Bonchev–Trinajstić information content (AvgIpc) is 2.67. The van der Waals surface area contributed by atoms with Crippen molar-refractivity contribution in [3.8, 4) is 0 Å². The van der Waals surface area contributed by atoms with Crippen molar-refractivity contribution in [1.82, 2.24) is 5.32 Å². The SMILES string of the molecule is Cl.O=C1CC2(CCNCC2)Sc2sccc21. The minimum Gasteiger partial charge on any atom is -0.317 e. The molecule has 3 rings (SSSR count). The third-order valence-electron chi connectivity index (χ3n) is 3.24. The highest BCUT2D eigenvalue weighted by atomic mass is 35.5. The lowest BCUT2D eigenvalue weighted by Crippen LogP contribution is -2.42. The number of hydrogen-bond acceptors (Lipinski definition) is 4. The first-order valence-electron chi connectivity index (χ1n) is 5.30. The Morgan fingerprint density at radius 3 is 2.81 bits per heavy atom. The van der Waals surface area contributed by atoms with Gasteiger partial charge in [-0.1, -0.05) is 0 Å². The number of fused-ring (bicyclic) bond motifs is 1. The Hall–Kier alpha value is -0.0300. The molecule has 0 atom stereocenters. The van der Waals surface area contributed by atoms with E-state index in [0.29, 0.717) is 5.78 Å². The van der Waals surface area contributed by atoms with Crippen molar-refractivity contribution in [3.63, 3.8) is 0 Å². The quantitative estimate of drug-likeness (QED) is 0.789. The minimum atomic E-state index is 0. The molecule has 0 aromatic carbocycles. The topological polar surface area (TPSA) is 29.1 Å². The summed E-state index contributed by atoms with van der Waals surface area (Å²) in [5, 5.41) is 5.41. The smallest absolute Gasteiger partial charge is 0.166 e. The number of piperidine rings is 1. The number of ketones is 1. The van der Waals surface area contributed by atoms with Crippen LogP contribution in [0.15, 0.2) is 15.7 Å². The fraction of sp³-hybridized carbons (Fsp3) is 0.545. The second-order valence-electron chi connectivity index (χ2n) is 4.26. The van der Waals surface area contributed by atoms with Gasteiger partial charge in [0.05, 0.1) is 4.21 Å². The van der Waals surface area contributed by atoms with E-state index in [1.165, 1.54) is 4.21 Å². The number of thiophene rings is 1. The molecule has 2 nitrogen and oxygen atoms in total. The summed E-state index contributed by atoms with van der Waals surface area (Å²) < 4.78 is 1.45. The molecule has 1 N–H and O–H groups in total. The van der Waals surface area contributed by atoms with Gasteiger partial charge in [-0.15, -0.1) is 35.5 Å². The normalized spacial score (nSPS) is 22.6. The fourth-order valence-electron chi connectivity index (χ4n) is 2.36. The molecule has 2 aliphatic heterocycles. The molecule has 1 aromatic rings. The van der Waals surface area contributed by atoms with Crippen molar-refractivity contribution in [1.29, 1.82) is 0 Å². The molecule has 1 saturated heterocycles. The van der Waals surface area contributed by atoms with E-state index in [1.807, 2.05) is 23.2 Å². The predicted octanol–water partition coefficient (Wildman–Crippen LogP) is 2.97. The van der Waals surface area contributed by atoms with Gasteiger partial charge < -0.3 is 5.32 Å². The molecule has 3 heterocycles. The van der Waals surface area contributed by atoms with Gasteiger partial charge in [0.1, 0.15) is 0 Å². The van der Waals surface area contributed by atoms with Gasteiger partial charge in [0.15, 0.2) is 5.78 Å². The van der Waals surface area contributed by atoms with Gasteiger partial charge in [-0.3, -0.25) is 4.79 Å². The van der Waals surface area contributed by atoms with E-state index in [0.717, 1.165) is 37.9 Å². The molecular weight excluding hydrogens is 262 g/mol. The summed E-state index contributed by atoms with van der Waals surface area (Å²) in [4.78, 5) is 12.0.